The molecule has 0 aliphatic heterocycles. The van der Waals surface area contributed by atoms with E-state index in [0.717, 1.165) is 12.1 Å². The van der Waals surface area contributed by atoms with E-state index in [0.29, 0.717) is 5.41 Å². The average molecular weight is 197 g/mol. The summed E-state index contributed by atoms with van der Waals surface area (Å²) < 4.78 is 0. The van der Waals surface area contributed by atoms with Crippen molar-refractivity contribution in [3.8, 4) is 0 Å². The van der Waals surface area contributed by atoms with Crippen molar-refractivity contribution in [3.05, 3.63) is 0 Å². The third kappa shape index (κ3) is 4.00. The molecule has 1 nitrogen and oxygen atoms in total. The molecule has 0 radical (unpaired) electrons. The second-order valence-corrected chi connectivity index (χ2v) is 6.04. The summed E-state index contributed by atoms with van der Waals surface area (Å²) in [6.45, 7) is 13.0. The van der Waals surface area contributed by atoms with Crippen LogP contribution in [0.4, 0.5) is 0 Å². The lowest BCUT2D eigenvalue weighted by Gasteiger charge is -2.31. The smallest absolute Gasteiger partial charge is 0.00992 e. The van der Waals surface area contributed by atoms with E-state index in [2.05, 4.69) is 39.5 Å². The highest BCUT2D eigenvalue weighted by Crippen LogP contribution is 2.31. The molecule has 1 fully saturated rings. The van der Waals surface area contributed by atoms with Crippen LogP contribution in [0.3, 0.4) is 0 Å². The first-order valence-electron chi connectivity index (χ1n) is 6.20. The van der Waals surface area contributed by atoms with E-state index in [1.165, 1.54) is 32.2 Å². The molecule has 0 spiro atoms. The Morgan fingerprint density at radius 2 is 1.86 bits per heavy atom. The largest absolute Gasteiger partial charge is 0.298 e. The summed E-state index contributed by atoms with van der Waals surface area (Å²) in [6, 6.07) is 1.71. The van der Waals surface area contributed by atoms with Gasteiger partial charge in [0.25, 0.3) is 0 Å². The molecule has 0 aromatic heterocycles. The summed E-state index contributed by atoms with van der Waals surface area (Å²) in [5.74, 6) is 0. The standard InChI is InChI=1S/C13H27N/c1-6-11(2)14(12-7-8-12)10-9-13(3,4)5/h11-12H,6-10H2,1-5H3. The van der Waals surface area contributed by atoms with Crippen LogP contribution in [-0.2, 0) is 0 Å². The van der Waals surface area contributed by atoms with E-state index >= 15 is 0 Å². The molecule has 1 rings (SSSR count). The Morgan fingerprint density at radius 1 is 1.29 bits per heavy atom. The van der Waals surface area contributed by atoms with Gasteiger partial charge in [0.2, 0.25) is 0 Å². The van der Waals surface area contributed by atoms with Crippen molar-refractivity contribution in [2.45, 2.75) is 72.4 Å². The highest BCUT2D eigenvalue weighted by atomic mass is 15.2. The Kier molecular flexibility index (Phi) is 4.00. The predicted octanol–water partition coefficient (Wildman–Crippen LogP) is 3.69. The molecule has 1 aliphatic carbocycles. The maximum absolute atomic E-state index is 2.73. The first-order valence-corrected chi connectivity index (χ1v) is 6.20. The van der Waals surface area contributed by atoms with Crippen LogP contribution in [0.5, 0.6) is 0 Å². The van der Waals surface area contributed by atoms with Gasteiger partial charge in [-0.15, -0.1) is 0 Å². The van der Waals surface area contributed by atoms with Gasteiger partial charge in [0.05, 0.1) is 0 Å². The lowest BCUT2D eigenvalue weighted by molar-refractivity contribution is 0.166. The van der Waals surface area contributed by atoms with Gasteiger partial charge in [0.1, 0.15) is 0 Å². The number of nitrogens with zero attached hydrogens (tertiary/aromatic N) is 1. The minimum Gasteiger partial charge on any atom is -0.298 e. The molecule has 0 amide bonds. The van der Waals surface area contributed by atoms with Crippen LogP contribution >= 0.6 is 0 Å². The van der Waals surface area contributed by atoms with Gasteiger partial charge in [-0.25, -0.2) is 0 Å². The zero-order valence-electron chi connectivity index (χ0n) is 10.6. The molecule has 0 heterocycles. The van der Waals surface area contributed by atoms with Gasteiger partial charge in [0.15, 0.2) is 0 Å². The van der Waals surface area contributed by atoms with Crippen molar-refractivity contribution in [1.82, 2.24) is 4.90 Å². The van der Waals surface area contributed by atoms with Gasteiger partial charge in [-0.05, 0) is 44.6 Å². The zero-order chi connectivity index (χ0) is 10.8. The van der Waals surface area contributed by atoms with Gasteiger partial charge < -0.3 is 0 Å². The van der Waals surface area contributed by atoms with Gasteiger partial charge in [-0.3, -0.25) is 4.90 Å². The molecular weight excluding hydrogens is 170 g/mol. The molecular formula is C13H27N. The van der Waals surface area contributed by atoms with Crippen LogP contribution in [0.1, 0.15) is 60.3 Å². The Hall–Kier alpha value is -0.0400. The molecule has 1 aliphatic rings. The van der Waals surface area contributed by atoms with Crippen molar-refractivity contribution in [2.24, 2.45) is 5.41 Å². The number of hydrogen-bond acceptors (Lipinski definition) is 1. The van der Waals surface area contributed by atoms with Crippen LogP contribution in [0.15, 0.2) is 0 Å². The minimum atomic E-state index is 0.487. The molecule has 1 heteroatoms. The Morgan fingerprint density at radius 3 is 2.21 bits per heavy atom. The first-order chi connectivity index (χ1) is 6.44. The van der Waals surface area contributed by atoms with Crippen LogP contribution < -0.4 is 0 Å². The maximum Gasteiger partial charge on any atom is 0.00992 e. The van der Waals surface area contributed by atoms with Crippen molar-refractivity contribution in [3.63, 3.8) is 0 Å². The highest BCUT2D eigenvalue weighted by Gasteiger charge is 2.31. The lowest BCUT2D eigenvalue weighted by Crippen LogP contribution is -2.36. The zero-order valence-corrected chi connectivity index (χ0v) is 10.6. The van der Waals surface area contributed by atoms with E-state index < -0.39 is 0 Å². The predicted molar refractivity (Wildman–Crippen MR) is 63.6 cm³/mol. The lowest BCUT2D eigenvalue weighted by atomic mass is 9.92. The first kappa shape index (κ1) is 12.0. The summed E-state index contributed by atoms with van der Waals surface area (Å²) in [5, 5.41) is 0. The number of rotatable bonds is 5. The average Bonchev–Trinajstić information content (AvgIpc) is 2.86. The monoisotopic (exact) mass is 197 g/mol. The topological polar surface area (TPSA) is 3.24 Å². The Labute approximate surface area is 89.9 Å². The van der Waals surface area contributed by atoms with E-state index in [4.69, 9.17) is 0 Å². The van der Waals surface area contributed by atoms with Crippen LogP contribution in [0.2, 0.25) is 0 Å². The van der Waals surface area contributed by atoms with E-state index in [9.17, 15) is 0 Å². The molecule has 84 valence electrons. The van der Waals surface area contributed by atoms with Crippen molar-refractivity contribution in [1.29, 1.82) is 0 Å². The van der Waals surface area contributed by atoms with Gasteiger partial charge in [-0.2, -0.15) is 0 Å². The fourth-order valence-corrected chi connectivity index (χ4v) is 1.87. The molecule has 0 saturated heterocycles. The fourth-order valence-electron chi connectivity index (χ4n) is 1.87. The van der Waals surface area contributed by atoms with Crippen molar-refractivity contribution < 1.29 is 0 Å². The molecule has 0 bridgehead atoms. The third-order valence-electron chi connectivity index (χ3n) is 3.29. The van der Waals surface area contributed by atoms with Gasteiger partial charge >= 0.3 is 0 Å². The summed E-state index contributed by atoms with van der Waals surface area (Å²) in [7, 11) is 0. The summed E-state index contributed by atoms with van der Waals surface area (Å²) in [6.07, 6.45) is 5.50. The van der Waals surface area contributed by atoms with Crippen molar-refractivity contribution >= 4 is 0 Å². The van der Waals surface area contributed by atoms with Crippen molar-refractivity contribution in [2.75, 3.05) is 6.54 Å². The maximum atomic E-state index is 2.73. The summed E-state index contributed by atoms with van der Waals surface area (Å²) >= 11 is 0. The molecule has 0 aromatic carbocycles. The quantitative estimate of drug-likeness (QED) is 0.650. The third-order valence-corrected chi connectivity index (χ3v) is 3.29. The Balaban J connectivity index is 2.36. The molecule has 1 atom stereocenters. The highest BCUT2D eigenvalue weighted by molar-refractivity contribution is 4.87. The number of hydrogen-bond donors (Lipinski definition) is 0. The molecule has 0 aromatic rings. The van der Waals surface area contributed by atoms with Crippen LogP contribution in [-0.4, -0.2) is 23.5 Å². The normalized spacial score (nSPS) is 20.1. The van der Waals surface area contributed by atoms with Gasteiger partial charge in [0, 0.05) is 12.1 Å². The molecule has 14 heavy (non-hydrogen) atoms. The second kappa shape index (κ2) is 4.65. The molecule has 1 saturated carbocycles. The Bertz CT molecular complexity index is 165. The van der Waals surface area contributed by atoms with Gasteiger partial charge in [-0.1, -0.05) is 27.7 Å². The van der Waals surface area contributed by atoms with Crippen LogP contribution in [0, 0.1) is 5.41 Å². The summed E-state index contributed by atoms with van der Waals surface area (Å²) in [4.78, 5) is 2.73. The SMILES string of the molecule is CCC(C)N(CCC(C)(C)C)C1CC1. The van der Waals surface area contributed by atoms with E-state index in [1.54, 1.807) is 0 Å². The molecule has 0 N–H and O–H groups in total. The fraction of sp³-hybridized carbons (Fsp3) is 1.00. The van der Waals surface area contributed by atoms with E-state index in [-0.39, 0.29) is 0 Å². The summed E-state index contributed by atoms with van der Waals surface area (Å²) in [5.41, 5.74) is 0.487. The second-order valence-electron chi connectivity index (χ2n) is 6.04. The minimum absolute atomic E-state index is 0.487. The molecule has 1 unspecified atom stereocenters. The van der Waals surface area contributed by atoms with E-state index in [1.807, 2.05) is 0 Å². The van der Waals surface area contributed by atoms with Crippen LogP contribution in [0.25, 0.3) is 0 Å².